The molecule has 1 aromatic carbocycles. The number of nitro groups is 1. The number of nitro benzene ring substituents is 1. The Kier molecular flexibility index (Phi) is 6.37. The second kappa shape index (κ2) is 8.02. The van der Waals surface area contributed by atoms with Gasteiger partial charge in [0, 0.05) is 29.3 Å². The van der Waals surface area contributed by atoms with E-state index in [0.29, 0.717) is 6.54 Å². The standard InChI is InChI=1S/C14H14ClN3O3/c1-2-3-6-17-14(19)11(9-16)7-10-8-12(18(20)21)4-5-13(10)15/h4-5,7-8H,2-3,6H2,1H3,(H,17,19)/b11-7+. The van der Waals surface area contributed by atoms with E-state index < -0.39 is 10.8 Å². The number of nitrogens with one attached hydrogen (secondary N) is 1. The van der Waals surface area contributed by atoms with Crippen LogP contribution in [0.5, 0.6) is 0 Å². The highest BCUT2D eigenvalue weighted by molar-refractivity contribution is 6.32. The smallest absolute Gasteiger partial charge is 0.270 e. The largest absolute Gasteiger partial charge is 0.351 e. The van der Waals surface area contributed by atoms with Crippen LogP contribution in [0.25, 0.3) is 6.08 Å². The molecular formula is C14H14ClN3O3. The quantitative estimate of drug-likeness (QED) is 0.287. The molecule has 0 aliphatic carbocycles. The van der Waals surface area contributed by atoms with Crippen molar-refractivity contribution in [2.24, 2.45) is 0 Å². The van der Waals surface area contributed by atoms with E-state index in [1.165, 1.54) is 24.3 Å². The Hall–Kier alpha value is -2.39. The molecule has 1 rings (SSSR count). The predicted octanol–water partition coefficient (Wildman–Crippen LogP) is 3.07. The molecule has 1 amide bonds. The van der Waals surface area contributed by atoms with Gasteiger partial charge in [-0.15, -0.1) is 0 Å². The molecule has 0 atom stereocenters. The van der Waals surface area contributed by atoms with Crippen molar-refractivity contribution in [1.29, 1.82) is 5.26 Å². The monoisotopic (exact) mass is 307 g/mol. The Morgan fingerprint density at radius 3 is 2.86 bits per heavy atom. The van der Waals surface area contributed by atoms with E-state index in [2.05, 4.69) is 5.32 Å². The molecule has 21 heavy (non-hydrogen) atoms. The molecule has 1 aromatic rings. The van der Waals surface area contributed by atoms with Crippen LogP contribution >= 0.6 is 11.6 Å². The van der Waals surface area contributed by atoms with Gasteiger partial charge in [0.05, 0.1) is 4.92 Å². The lowest BCUT2D eigenvalue weighted by Crippen LogP contribution is -2.25. The first-order valence-electron chi connectivity index (χ1n) is 6.33. The number of amides is 1. The fourth-order valence-electron chi connectivity index (χ4n) is 1.53. The number of unbranched alkanes of at least 4 members (excludes halogenated alkanes) is 1. The summed E-state index contributed by atoms with van der Waals surface area (Å²) in [6.07, 6.45) is 2.97. The second-order valence-corrected chi connectivity index (χ2v) is 4.65. The van der Waals surface area contributed by atoms with Crippen LogP contribution in [-0.4, -0.2) is 17.4 Å². The third-order valence-electron chi connectivity index (χ3n) is 2.67. The Morgan fingerprint density at radius 2 is 2.29 bits per heavy atom. The van der Waals surface area contributed by atoms with Gasteiger partial charge in [0.25, 0.3) is 11.6 Å². The maximum atomic E-state index is 11.8. The van der Waals surface area contributed by atoms with E-state index in [-0.39, 0.29) is 21.8 Å². The molecule has 6 nitrogen and oxygen atoms in total. The highest BCUT2D eigenvalue weighted by Gasteiger charge is 2.12. The van der Waals surface area contributed by atoms with Crippen molar-refractivity contribution >= 4 is 29.3 Å². The molecular weight excluding hydrogens is 294 g/mol. The number of non-ortho nitro benzene ring substituents is 1. The lowest BCUT2D eigenvalue weighted by molar-refractivity contribution is -0.384. The normalized spacial score (nSPS) is 10.8. The number of nitriles is 1. The molecule has 0 unspecified atom stereocenters. The van der Waals surface area contributed by atoms with Gasteiger partial charge in [-0.2, -0.15) is 5.26 Å². The molecule has 0 saturated heterocycles. The van der Waals surface area contributed by atoms with E-state index >= 15 is 0 Å². The van der Waals surface area contributed by atoms with Crippen LogP contribution in [0.15, 0.2) is 23.8 Å². The van der Waals surface area contributed by atoms with Crippen molar-refractivity contribution in [3.8, 4) is 6.07 Å². The molecule has 0 spiro atoms. The molecule has 0 bridgehead atoms. The van der Waals surface area contributed by atoms with Gasteiger partial charge in [0.2, 0.25) is 0 Å². The van der Waals surface area contributed by atoms with Crippen LogP contribution in [0.2, 0.25) is 5.02 Å². The number of hydrogen-bond donors (Lipinski definition) is 1. The van der Waals surface area contributed by atoms with Crippen molar-refractivity contribution in [3.05, 3.63) is 44.5 Å². The van der Waals surface area contributed by atoms with Crippen molar-refractivity contribution < 1.29 is 9.72 Å². The van der Waals surface area contributed by atoms with Gasteiger partial charge >= 0.3 is 0 Å². The Labute approximate surface area is 127 Å². The average molecular weight is 308 g/mol. The highest BCUT2D eigenvalue weighted by Crippen LogP contribution is 2.24. The number of hydrogen-bond acceptors (Lipinski definition) is 4. The van der Waals surface area contributed by atoms with Gasteiger partial charge in [-0.05, 0) is 18.6 Å². The van der Waals surface area contributed by atoms with Gasteiger partial charge in [0.15, 0.2) is 0 Å². The molecule has 0 aromatic heterocycles. The zero-order valence-electron chi connectivity index (χ0n) is 11.4. The number of halogens is 1. The number of carbonyl (C=O) groups is 1. The van der Waals surface area contributed by atoms with Crippen molar-refractivity contribution in [2.75, 3.05) is 6.54 Å². The number of carbonyl (C=O) groups excluding carboxylic acids is 1. The van der Waals surface area contributed by atoms with Crippen LogP contribution in [0.1, 0.15) is 25.3 Å². The minimum atomic E-state index is -0.568. The third-order valence-corrected chi connectivity index (χ3v) is 3.02. The first kappa shape index (κ1) is 16.7. The summed E-state index contributed by atoms with van der Waals surface area (Å²) in [7, 11) is 0. The number of benzene rings is 1. The molecule has 1 N–H and O–H groups in total. The van der Waals surface area contributed by atoms with Crippen LogP contribution in [0.3, 0.4) is 0 Å². The van der Waals surface area contributed by atoms with Crippen LogP contribution < -0.4 is 5.32 Å². The fraction of sp³-hybridized carbons (Fsp3) is 0.286. The van der Waals surface area contributed by atoms with E-state index in [1.54, 1.807) is 6.07 Å². The minimum Gasteiger partial charge on any atom is -0.351 e. The molecule has 0 radical (unpaired) electrons. The maximum absolute atomic E-state index is 11.8. The molecule has 0 heterocycles. The SMILES string of the molecule is CCCCNC(=O)/C(C#N)=C/c1cc([N+](=O)[O-])ccc1Cl. The molecule has 0 aliphatic rings. The van der Waals surface area contributed by atoms with Gasteiger partial charge in [-0.3, -0.25) is 14.9 Å². The average Bonchev–Trinajstić information content (AvgIpc) is 2.46. The summed E-state index contributed by atoms with van der Waals surface area (Å²) in [5, 5.41) is 22.6. The summed E-state index contributed by atoms with van der Waals surface area (Å²) in [5.41, 5.74) is -0.0455. The maximum Gasteiger partial charge on any atom is 0.270 e. The number of rotatable bonds is 6. The van der Waals surface area contributed by atoms with Crippen LogP contribution in [0, 0.1) is 21.4 Å². The zero-order valence-corrected chi connectivity index (χ0v) is 12.2. The Morgan fingerprint density at radius 1 is 1.57 bits per heavy atom. The summed E-state index contributed by atoms with van der Waals surface area (Å²) in [5.74, 6) is -0.520. The second-order valence-electron chi connectivity index (χ2n) is 4.24. The molecule has 0 saturated carbocycles. The minimum absolute atomic E-state index is 0.145. The van der Waals surface area contributed by atoms with E-state index in [4.69, 9.17) is 16.9 Å². The molecule has 110 valence electrons. The van der Waals surface area contributed by atoms with Gasteiger partial charge in [0.1, 0.15) is 11.6 Å². The van der Waals surface area contributed by atoms with E-state index in [0.717, 1.165) is 12.8 Å². The lowest BCUT2D eigenvalue weighted by Gasteiger charge is -2.03. The van der Waals surface area contributed by atoms with Gasteiger partial charge in [-0.25, -0.2) is 0 Å². The molecule has 0 aliphatic heterocycles. The summed E-state index contributed by atoms with van der Waals surface area (Å²) in [4.78, 5) is 22.0. The molecule has 0 fully saturated rings. The highest BCUT2D eigenvalue weighted by atomic mass is 35.5. The summed E-state index contributed by atoms with van der Waals surface area (Å²) >= 11 is 5.93. The zero-order chi connectivity index (χ0) is 15.8. The summed E-state index contributed by atoms with van der Waals surface area (Å²) in [6, 6.07) is 5.61. The van der Waals surface area contributed by atoms with Crippen molar-refractivity contribution in [3.63, 3.8) is 0 Å². The summed E-state index contributed by atoms with van der Waals surface area (Å²) in [6.45, 7) is 2.45. The van der Waals surface area contributed by atoms with Gasteiger partial charge in [-0.1, -0.05) is 24.9 Å². The van der Waals surface area contributed by atoms with E-state index in [1.807, 2.05) is 6.92 Å². The third kappa shape index (κ3) is 4.89. The lowest BCUT2D eigenvalue weighted by atomic mass is 10.1. The Balaban J connectivity index is 3.03. The van der Waals surface area contributed by atoms with Gasteiger partial charge < -0.3 is 5.32 Å². The Bertz CT molecular complexity index is 620. The predicted molar refractivity (Wildman–Crippen MR) is 79.6 cm³/mol. The first-order chi connectivity index (χ1) is 9.99. The summed E-state index contributed by atoms with van der Waals surface area (Å²) < 4.78 is 0. The van der Waals surface area contributed by atoms with Crippen LogP contribution in [-0.2, 0) is 4.79 Å². The van der Waals surface area contributed by atoms with Crippen molar-refractivity contribution in [2.45, 2.75) is 19.8 Å². The molecule has 7 heteroatoms. The van der Waals surface area contributed by atoms with Crippen LogP contribution in [0.4, 0.5) is 5.69 Å². The number of nitrogens with zero attached hydrogens (tertiary/aromatic N) is 2. The fourth-order valence-corrected chi connectivity index (χ4v) is 1.71. The first-order valence-corrected chi connectivity index (χ1v) is 6.71. The topological polar surface area (TPSA) is 96.0 Å². The van der Waals surface area contributed by atoms with Crippen molar-refractivity contribution in [1.82, 2.24) is 5.32 Å². The van der Waals surface area contributed by atoms with E-state index in [9.17, 15) is 14.9 Å².